The molecule has 0 saturated carbocycles. The largest absolute Gasteiger partial charge is 0.368 e. The molecular formula is C17H13ClFN3. The van der Waals surface area contributed by atoms with Crippen LogP contribution in [0.5, 0.6) is 0 Å². The van der Waals surface area contributed by atoms with Crippen LogP contribution in [-0.2, 0) is 6.42 Å². The first-order valence-corrected chi connectivity index (χ1v) is 7.13. The van der Waals surface area contributed by atoms with Gasteiger partial charge in [0.2, 0.25) is 5.95 Å². The maximum absolute atomic E-state index is 13.1. The van der Waals surface area contributed by atoms with Crippen molar-refractivity contribution in [2.24, 2.45) is 0 Å². The van der Waals surface area contributed by atoms with E-state index < -0.39 is 0 Å². The molecule has 3 rings (SSSR count). The Balaban J connectivity index is 2.10. The number of nitrogen functional groups attached to an aromatic ring is 1. The van der Waals surface area contributed by atoms with E-state index >= 15 is 0 Å². The average Bonchev–Trinajstić information content (AvgIpc) is 2.52. The van der Waals surface area contributed by atoms with E-state index in [4.69, 9.17) is 17.3 Å². The molecule has 0 aliphatic carbocycles. The molecule has 3 aromatic rings. The molecule has 0 unspecified atom stereocenters. The number of rotatable bonds is 3. The van der Waals surface area contributed by atoms with Crippen LogP contribution in [0.4, 0.5) is 10.3 Å². The van der Waals surface area contributed by atoms with Gasteiger partial charge in [0.1, 0.15) is 11.0 Å². The number of nitrogens with zero attached hydrogens (tertiary/aromatic N) is 2. The molecule has 0 fully saturated rings. The van der Waals surface area contributed by atoms with Crippen LogP contribution in [0, 0.1) is 5.82 Å². The Bertz CT molecular complexity index is 789. The molecule has 0 radical (unpaired) electrons. The van der Waals surface area contributed by atoms with Crippen molar-refractivity contribution in [1.29, 1.82) is 0 Å². The van der Waals surface area contributed by atoms with Gasteiger partial charge in [-0.3, -0.25) is 0 Å². The van der Waals surface area contributed by atoms with Crippen molar-refractivity contribution < 1.29 is 4.39 Å². The zero-order valence-electron chi connectivity index (χ0n) is 11.6. The first-order chi connectivity index (χ1) is 10.6. The first-order valence-electron chi connectivity index (χ1n) is 6.75. The third-order valence-corrected chi connectivity index (χ3v) is 3.63. The van der Waals surface area contributed by atoms with Crippen LogP contribution >= 0.6 is 11.6 Å². The summed E-state index contributed by atoms with van der Waals surface area (Å²) in [6.45, 7) is 0. The molecule has 3 nitrogen and oxygen atoms in total. The Morgan fingerprint density at radius 1 is 0.955 bits per heavy atom. The maximum atomic E-state index is 13.1. The van der Waals surface area contributed by atoms with Crippen molar-refractivity contribution in [2.75, 3.05) is 5.73 Å². The standard InChI is InChI=1S/C17H13ClFN3/c18-16-14(10-11-4-2-1-3-5-11)15(21-17(20)22-16)12-6-8-13(19)9-7-12/h1-9H,10H2,(H2,20,21,22). The van der Waals surface area contributed by atoms with Crippen LogP contribution in [-0.4, -0.2) is 9.97 Å². The summed E-state index contributed by atoms with van der Waals surface area (Å²) in [4.78, 5) is 8.32. The molecule has 0 spiro atoms. The highest BCUT2D eigenvalue weighted by atomic mass is 35.5. The topological polar surface area (TPSA) is 51.8 Å². The third-order valence-electron chi connectivity index (χ3n) is 3.32. The van der Waals surface area contributed by atoms with E-state index in [0.29, 0.717) is 17.3 Å². The number of hydrogen-bond acceptors (Lipinski definition) is 3. The first kappa shape index (κ1) is 14.5. The minimum atomic E-state index is -0.304. The van der Waals surface area contributed by atoms with Gasteiger partial charge in [-0.15, -0.1) is 0 Å². The molecule has 5 heteroatoms. The molecule has 110 valence electrons. The Morgan fingerprint density at radius 2 is 1.64 bits per heavy atom. The second-order valence-corrected chi connectivity index (χ2v) is 5.23. The Morgan fingerprint density at radius 3 is 2.32 bits per heavy atom. The van der Waals surface area contributed by atoms with E-state index in [2.05, 4.69) is 9.97 Å². The summed E-state index contributed by atoms with van der Waals surface area (Å²) in [5, 5.41) is 0.315. The number of benzene rings is 2. The van der Waals surface area contributed by atoms with Crippen LogP contribution in [0.1, 0.15) is 11.1 Å². The molecule has 2 N–H and O–H groups in total. The smallest absolute Gasteiger partial charge is 0.222 e. The van der Waals surface area contributed by atoms with Crippen LogP contribution in [0.2, 0.25) is 5.15 Å². The van der Waals surface area contributed by atoms with Gasteiger partial charge < -0.3 is 5.73 Å². The van der Waals surface area contributed by atoms with E-state index in [1.165, 1.54) is 12.1 Å². The summed E-state index contributed by atoms with van der Waals surface area (Å²) in [7, 11) is 0. The van der Waals surface area contributed by atoms with E-state index in [-0.39, 0.29) is 11.8 Å². The van der Waals surface area contributed by atoms with Gasteiger partial charge in [-0.05, 0) is 29.8 Å². The predicted molar refractivity (Wildman–Crippen MR) is 86.1 cm³/mol. The highest BCUT2D eigenvalue weighted by Crippen LogP contribution is 2.29. The number of aromatic nitrogens is 2. The zero-order valence-corrected chi connectivity index (χ0v) is 12.4. The van der Waals surface area contributed by atoms with Crippen molar-refractivity contribution in [3.63, 3.8) is 0 Å². The summed E-state index contributed by atoms with van der Waals surface area (Å²) in [5.74, 6) is -0.206. The Kier molecular flexibility index (Phi) is 4.02. The van der Waals surface area contributed by atoms with Gasteiger partial charge in [0.25, 0.3) is 0 Å². The molecule has 0 atom stereocenters. The number of halogens is 2. The van der Waals surface area contributed by atoms with Crippen molar-refractivity contribution in [3.05, 3.63) is 76.7 Å². The molecule has 1 heterocycles. The number of nitrogens with two attached hydrogens (primary N) is 1. The zero-order chi connectivity index (χ0) is 15.5. The van der Waals surface area contributed by atoms with Crippen molar-refractivity contribution >= 4 is 17.5 Å². The number of anilines is 1. The SMILES string of the molecule is Nc1nc(Cl)c(Cc2ccccc2)c(-c2ccc(F)cc2)n1. The summed E-state index contributed by atoms with van der Waals surface area (Å²) in [6.07, 6.45) is 0.576. The quantitative estimate of drug-likeness (QED) is 0.740. The lowest BCUT2D eigenvalue weighted by atomic mass is 10.0. The van der Waals surface area contributed by atoms with Gasteiger partial charge in [0.15, 0.2) is 0 Å². The van der Waals surface area contributed by atoms with Gasteiger partial charge in [0, 0.05) is 17.5 Å². The fourth-order valence-electron chi connectivity index (χ4n) is 2.28. The summed E-state index contributed by atoms with van der Waals surface area (Å²) in [6, 6.07) is 15.9. The van der Waals surface area contributed by atoms with Crippen molar-refractivity contribution in [3.8, 4) is 11.3 Å². The van der Waals surface area contributed by atoms with Crippen LogP contribution in [0.3, 0.4) is 0 Å². The molecule has 0 aliphatic heterocycles. The van der Waals surface area contributed by atoms with Crippen molar-refractivity contribution in [2.45, 2.75) is 6.42 Å². The summed E-state index contributed by atoms with van der Waals surface area (Å²) in [5.41, 5.74) is 8.94. The molecule has 0 amide bonds. The van der Waals surface area contributed by atoms with Crippen LogP contribution < -0.4 is 5.73 Å². The second-order valence-electron chi connectivity index (χ2n) is 4.87. The summed E-state index contributed by atoms with van der Waals surface area (Å²) >= 11 is 6.26. The van der Waals surface area contributed by atoms with Gasteiger partial charge in [-0.1, -0.05) is 41.9 Å². The molecule has 0 bridgehead atoms. The van der Waals surface area contributed by atoms with Gasteiger partial charge >= 0.3 is 0 Å². The highest BCUT2D eigenvalue weighted by molar-refractivity contribution is 6.30. The molecule has 2 aromatic carbocycles. The molecule has 0 saturated heterocycles. The summed E-state index contributed by atoms with van der Waals surface area (Å²) < 4.78 is 13.1. The van der Waals surface area contributed by atoms with Gasteiger partial charge in [-0.25, -0.2) is 14.4 Å². The lowest BCUT2D eigenvalue weighted by Gasteiger charge is -2.11. The average molecular weight is 314 g/mol. The lowest BCUT2D eigenvalue weighted by molar-refractivity contribution is 0.628. The number of hydrogen-bond donors (Lipinski definition) is 1. The normalized spacial score (nSPS) is 10.6. The van der Waals surface area contributed by atoms with Crippen molar-refractivity contribution in [1.82, 2.24) is 9.97 Å². The maximum Gasteiger partial charge on any atom is 0.222 e. The molecular weight excluding hydrogens is 301 g/mol. The fourth-order valence-corrected chi connectivity index (χ4v) is 2.52. The second kappa shape index (κ2) is 6.12. The van der Waals surface area contributed by atoms with E-state index in [1.54, 1.807) is 12.1 Å². The molecule has 22 heavy (non-hydrogen) atoms. The fraction of sp³-hybridized carbons (Fsp3) is 0.0588. The third kappa shape index (κ3) is 3.07. The van der Waals surface area contributed by atoms with Gasteiger partial charge in [0.05, 0.1) is 5.69 Å². The van der Waals surface area contributed by atoms with E-state index in [1.807, 2.05) is 30.3 Å². The minimum Gasteiger partial charge on any atom is -0.368 e. The highest BCUT2D eigenvalue weighted by Gasteiger charge is 2.14. The lowest BCUT2D eigenvalue weighted by Crippen LogP contribution is -2.03. The Hall–Kier alpha value is -2.46. The monoisotopic (exact) mass is 313 g/mol. The molecule has 1 aromatic heterocycles. The predicted octanol–water partition coefficient (Wildman–Crippen LogP) is 4.11. The van der Waals surface area contributed by atoms with E-state index in [9.17, 15) is 4.39 Å². The Labute approximate surface area is 132 Å². The molecule has 0 aliphatic rings. The van der Waals surface area contributed by atoms with Gasteiger partial charge in [-0.2, -0.15) is 0 Å². The van der Waals surface area contributed by atoms with E-state index in [0.717, 1.165) is 16.7 Å². The minimum absolute atomic E-state index is 0.0983. The van der Waals surface area contributed by atoms with Crippen LogP contribution in [0.25, 0.3) is 11.3 Å². The van der Waals surface area contributed by atoms with Crippen LogP contribution in [0.15, 0.2) is 54.6 Å².